The largest absolute Gasteiger partial charge is 0.243 e. The Bertz CT molecular complexity index is 424. The summed E-state index contributed by atoms with van der Waals surface area (Å²) in [7, 11) is 2.09. The van der Waals surface area contributed by atoms with Crippen molar-refractivity contribution < 1.29 is 4.57 Å². The van der Waals surface area contributed by atoms with Crippen molar-refractivity contribution in [2.24, 2.45) is 7.05 Å². The summed E-state index contributed by atoms with van der Waals surface area (Å²) in [6.45, 7) is 3.48. The lowest BCUT2D eigenvalue weighted by molar-refractivity contribution is -0.696. The standard InChI is InChI=1S/C26H51N2/c1-3-4-5-6-7-8-9-10-11-12-13-14-15-16-17-18-19-20-21-22-23-28-25-24-27(2)26-28/h24-26H,3-23H2,1-2H3/q+1. The summed E-state index contributed by atoms with van der Waals surface area (Å²) >= 11 is 0. The Labute approximate surface area is 177 Å². The topological polar surface area (TPSA) is 8.81 Å². The molecule has 0 spiro atoms. The molecule has 164 valence electrons. The molecule has 0 radical (unpaired) electrons. The molecular weight excluding hydrogens is 340 g/mol. The monoisotopic (exact) mass is 391 g/mol. The molecule has 2 nitrogen and oxygen atoms in total. The number of nitrogens with zero attached hydrogens (tertiary/aromatic N) is 2. The highest BCUT2D eigenvalue weighted by Crippen LogP contribution is 2.14. The molecule has 0 aliphatic rings. The number of hydrogen-bond donors (Lipinski definition) is 0. The van der Waals surface area contributed by atoms with Crippen molar-refractivity contribution in [2.75, 3.05) is 0 Å². The highest BCUT2D eigenvalue weighted by molar-refractivity contribution is 4.62. The van der Waals surface area contributed by atoms with Crippen LogP contribution in [0.1, 0.15) is 135 Å². The predicted molar refractivity (Wildman–Crippen MR) is 124 cm³/mol. The van der Waals surface area contributed by atoms with E-state index in [4.69, 9.17) is 0 Å². The lowest BCUT2D eigenvalue weighted by atomic mass is 10.0. The summed E-state index contributed by atoms with van der Waals surface area (Å²) in [6.07, 6.45) is 35.5. The first-order valence-corrected chi connectivity index (χ1v) is 12.8. The first-order valence-electron chi connectivity index (χ1n) is 12.8. The Morgan fingerprint density at radius 2 is 0.893 bits per heavy atom. The van der Waals surface area contributed by atoms with Crippen LogP contribution in [0.3, 0.4) is 0 Å². The molecule has 0 N–H and O–H groups in total. The molecule has 1 aromatic rings. The zero-order valence-corrected chi connectivity index (χ0v) is 19.5. The number of hydrogen-bond acceptors (Lipinski definition) is 0. The van der Waals surface area contributed by atoms with Crippen molar-refractivity contribution in [1.29, 1.82) is 0 Å². The van der Waals surface area contributed by atoms with Gasteiger partial charge in [-0.05, 0) is 12.8 Å². The fraction of sp³-hybridized carbons (Fsp3) is 0.885. The third kappa shape index (κ3) is 16.2. The second kappa shape index (κ2) is 19.5. The summed E-state index contributed by atoms with van der Waals surface area (Å²) in [5, 5.41) is 0. The van der Waals surface area contributed by atoms with Gasteiger partial charge in [0.15, 0.2) is 0 Å². The molecular formula is C26H51N2+. The van der Waals surface area contributed by atoms with E-state index in [1.165, 1.54) is 135 Å². The van der Waals surface area contributed by atoms with Gasteiger partial charge < -0.3 is 0 Å². The Balaban J connectivity index is 1.67. The van der Waals surface area contributed by atoms with Crippen molar-refractivity contribution in [1.82, 2.24) is 4.57 Å². The third-order valence-corrected chi connectivity index (χ3v) is 6.09. The minimum absolute atomic E-state index is 1.18. The van der Waals surface area contributed by atoms with E-state index in [2.05, 4.69) is 41.8 Å². The second-order valence-corrected chi connectivity index (χ2v) is 9.03. The van der Waals surface area contributed by atoms with E-state index in [1.54, 1.807) is 0 Å². The van der Waals surface area contributed by atoms with Gasteiger partial charge in [0.05, 0.1) is 13.6 Å². The Morgan fingerprint density at radius 1 is 0.536 bits per heavy atom. The van der Waals surface area contributed by atoms with Crippen LogP contribution in [0.5, 0.6) is 0 Å². The molecule has 0 saturated heterocycles. The fourth-order valence-corrected chi connectivity index (χ4v) is 4.18. The Hall–Kier alpha value is -0.790. The number of aryl methyl sites for hydroxylation is 2. The van der Waals surface area contributed by atoms with Crippen molar-refractivity contribution in [3.05, 3.63) is 18.7 Å². The van der Waals surface area contributed by atoms with E-state index < -0.39 is 0 Å². The van der Waals surface area contributed by atoms with Crippen LogP contribution in [0.15, 0.2) is 18.7 Å². The maximum Gasteiger partial charge on any atom is 0.243 e. The molecule has 0 atom stereocenters. The molecule has 0 aliphatic carbocycles. The summed E-state index contributed by atoms with van der Waals surface area (Å²) in [6, 6.07) is 0. The Kier molecular flexibility index (Phi) is 17.6. The maximum atomic E-state index is 2.30. The van der Waals surface area contributed by atoms with Gasteiger partial charge in [0.25, 0.3) is 0 Å². The molecule has 1 rings (SSSR count). The van der Waals surface area contributed by atoms with Crippen molar-refractivity contribution >= 4 is 0 Å². The Morgan fingerprint density at radius 3 is 1.21 bits per heavy atom. The smallest absolute Gasteiger partial charge is 0.240 e. The lowest BCUT2D eigenvalue weighted by Crippen LogP contribution is -2.30. The van der Waals surface area contributed by atoms with Crippen molar-refractivity contribution in [3.63, 3.8) is 0 Å². The highest BCUT2D eigenvalue weighted by atomic mass is 15.1. The molecule has 1 aromatic heterocycles. The molecule has 28 heavy (non-hydrogen) atoms. The molecule has 0 aromatic carbocycles. The molecule has 0 amide bonds. The average molecular weight is 392 g/mol. The number of imidazole rings is 1. The number of rotatable bonds is 21. The van der Waals surface area contributed by atoms with Crippen molar-refractivity contribution in [2.45, 2.75) is 142 Å². The summed E-state index contributed by atoms with van der Waals surface area (Å²) in [4.78, 5) is 0. The molecule has 0 aliphatic heterocycles. The van der Waals surface area contributed by atoms with Gasteiger partial charge in [0.2, 0.25) is 6.33 Å². The minimum atomic E-state index is 1.18. The zero-order valence-electron chi connectivity index (χ0n) is 19.5. The molecule has 0 unspecified atom stereocenters. The third-order valence-electron chi connectivity index (χ3n) is 6.09. The highest BCUT2D eigenvalue weighted by Gasteiger charge is 1.99. The van der Waals surface area contributed by atoms with Crippen LogP contribution in [-0.2, 0) is 13.6 Å². The summed E-state index contributed by atoms with van der Waals surface area (Å²) in [5.74, 6) is 0. The van der Waals surface area contributed by atoms with E-state index >= 15 is 0 Å². The van der Waals surface area contributed by atoms with E-state index in [0.717, 1.165) is 0 Å². The second-order valence-electron chi connectivity index (χ2n) is 9.03. The number of aromatic nitrogens is 2. The quantitative estimate of drug-likeness (QED) is 0.148. The van der Waals surface area contributed by atoms with Crippen LogP contribution >= 0.6 is 0 Å². The average Bonchev–Trinajstić information content (AvgIpc) is 3.11. The zero-order chi connectivity index (χ0) is 20.1. The SMILES string of the molecule is CCCCCCCCCCCCCCCCCCCCCC[n+]1ccn(C)c1. The first kappa shape index (κ1) is 25.2. The van der Waals surface area contributed by atoms with Crippen LogP contribution in [0.2, 0.25) is 0 Å². The van der Waals surface area contributed by atoms with Gasteiger partial charge in [-0.1, -0.05) is 122 Å². The predicted octanol–water partition coefficient (Wildman–Crippen LogP) is 8.13. The molecule has 0 fully saturated rings. The van der Waals surface area contributed by atoms with Crippen LogP contribution in [-0.4, -0.2) is 4.57 Å². The van der Waals surface area contributed by atoms with Crippen LogP contribution in [0, 0.1) is 0 Å². The van der Waals surface area contributed by atoms with Gasteiger partial charge in [-0.2, -0.15) is 0 Å². The first-order chi connectivity index (χ1) is 13.8. The van der Waals surface area contributed by atoms with Gasteiger partial charge in [-0.3, -0.25) is 0 Å². The van der Waals surface area contributed by atoms with Gasteiger partial charge in [-0.25, -0.2) is 9.13 Å². The lowest BCUT2D eigenvalue weighted by Gasteiger charge is -2.04. The molecule has 1 heterocycles. The van der Waals surface area contributed by atoms with Crippen LogP contribution in [0.4, 0.5) is 0 Å². The minimum Gasteiger partial charge on any atom is -0.240 e. The van der Waals surface area contributed by atoms with Crippen molar-refractivity contribution in [3.8, 4) is 0 Å². The van der Waals surface area contributed by atoms with Gasteiger partial charge >= 0.3 is 0 Å². The van der Waals surface area contributed by atoms with Gasteiger partial charge in [-0.15, -0.1) is 0 Å². The molecule has 0 bridgehead atoms. The summed E-state index contributed by atoms with van der Waals surface area (Å²) < 4.78 is 4.42. The van der Waals surface area contributed by atoms with Crippen LogP contribution in [0.25, 0.3) is 0 Å². The maximum absolute atomic E-state index is 2.30. The van der Waals surface area contributed by atoms with E-state index in [1.807, 2.05) is 0 Å². The van der Waals surface area contributed by atoms with Crippen LogP contribution < -0.4 is 4.57 Å². The number of unbranched alkanes of at least 4 members (excludes halogenated alkanes) is 19. The normalized spacial score (nSPS) is 11.4. The fourth-order valence-electron chi connectivity index (χ4n) is 4.18. The van der Waals surface area contributed by atoms with E-state index in [-0.39, 0.29) is 0 Å². The van der Waals surface area contributed by atoms with Gasteiger partial charge in [0.1, 0.15) is 12.4 Å². The molecule has 0 saturated carbocycles. The summed E-state index contributed by atoms with van der Waals surface area (Å²) in [5.41, 5.74) is 0. The van der Waals surface area contributed by atoms with E-state index in [0.29, 0.717) is 0 Å². The molecule has 2 heteroatoms. The van der Waals surface area contributed by atoms with E-state index in [9.17, 15) is 0 Å². The van der Waals surface area contributed by atoms with Gasteiger partial charge in [0, 0.05) is 0 Å².